The third kappa shape index (κ3) is 6.38. The van der Waals surface area contributed by atoms with Crippen molar-refractivity contribution in [2.24, 2.45) is 17.8 Å². The number of halogens is 2. The van der Waals surface area contributed by atoms with Crippen molar-refractivity contribution in [3.8, 4) is 0 Å². The van der Waals surface area contributed by atoms with Crippen molar-refractivity contribution in [2.45, 2.75) is 41.5 Å². The van der Waals surface area contributed by atoms with E-state index in [2.05, 4.69) is 31.9 Å². The minimum absolute atomic E-state index is 0.0341. The Morgan fingerprint density at radius 2 is 1.52 bits per heavy atom. The van der Waals surface area contributed by atoms with Gasteiger partial charge in [0, 0.05) is 4.48 Å². The molecule has 0 aromatic heterocycles. The van der Waals surface area contributed by atoms with Gasteiger partial charge in [0.05, 0.1) is 4.91 Å². The van der Waals surface area contributed by atoms with Crippen LogP contribution in [-0.4, -0.2) is 13.0 Å². The molecule has 0 rings (SSSR count). The normalized spacial score (nSPS) is 16.0. The lowest BCUT2D eigenvalue weighted by Gasteiger charge is -2.23. The van der Waals surface area contributed by atoms with Gasteiger partial charge in [0.1, 0.15) is 10.1 Å². The fraction of sp³-hybridized carbons (Fsp3) is 0.600. The Bertz CT molecular complexity index is 553. The van der Waals surface area contributed by atoms with Crippen LogP contribution in [0.15, 0.2) is 31.6 Å². The van der Waals surface area contributed by atoms with Gasteiger partial charge in [-0.1, -0.05) is 79.5 Å². The third-order valence-corrected chi connectivity index (χ3v) is 5.10. The molecule has 0 unspecified atom stereocenters. The average Bonchev–Trinajstić information content (AvgIpc) is 2.26. The zero-order valence-corrected chi connectivity index (χ0v) is 17.3. The Kier molecular flexibility index (Phi) is 8.69. The third-order valence-electron chi connectivity index (χ3n) is 2.83. The van der Waals surface area contributed by atoms with E-state index in [9.17, 15) is 13.0 Å². The second-order valence-electron chi connectivity index (χ2n) is 5.83. The number of rotatable bonds is 6. The van der Waals surface area contributed by atoms with Crippen LogP contribution in [0.25, 0.3) is 0 Å². The first-order chi connectivity index (χ1) is 9.43. The summed E-state index contributed by atoms with van der Waals surface area (Å²) in [6.45, 7) is 11.5. The zero-order chi connectivity index (χ0) is 17.0. The van der Waals surface area contributed by atoms with Crippen molar-refractivity contribution in [2.75, 3.05) is 0 Å². The van der Waals surface area contributed by atoms with E-state index in [0.29, 0.717) is 10.1 Å². The van der Waals surface area contributed by atoms with Crippen LogP contribution in [0.4, 0.5) is 0 Å². The Morgan fingerprint density at radius 1 is 1.05 bits per heavy atom. The molecule has 0 spiro atoms. The molecule has 21 heavy (non-hydrogen) atoms. The molecule has 0 amide bonds. The van der Waals surface area contributed by atoms with Crippen molar-refractivity contribution >= 4 is 42.0 Å². The van der Waals surface area contributed by atoms with Crippen molar-refractivity contribution in [3.05, 3.63) is 31.6 Å². The molecule has 3 nitrogen and oxygen atoms in total. The molecule has 0 atom stereocenters. The van der Waals surface area contributed by atoms with E-state index in [4.69, 9.17) is 0 Å². The highest BCUT2D eigenvalue weighted by Crippen LogP contribution is 2.37. The Labute approximate surface area is 145 Å². The molecule has 0 N–H and O–H groups in total. The highest BCUT2D eigenvalue weighted by molar-refractivity contribution is 9.12. The van der Waals surface area contributed by atoms with E-state index in [0.717, 1.165) is 5.57 Å². The van der Waals surface area contributed by atoms with Crippen molar-refractivity contribution in [3.63, 3.8) is 0 Å². The van der Waals surface area contributed by atoms with E-state index < -0.39 is 10.1 Å². The standard InChI is InChI=1S/C15H24Br2O3S/c1-9(2)7-13(21(18,19)20)14(11(5)6)15(17)12(8-16)10(3)4/h7-11H,1-6H3,(H,18,19,20)/p-1/b12-8+,13-7-,15-14+. The summed E-state index contributed by atoms with van der Waals surface area (Å²) in [5.74, 6) is 0.0460. The molecule has 0 aromatic carbocycles. The van der Waals surface area contributed by atoms with Crippen molar-refractivity contribution < 1.29 is 13.0 Å². The molecule has 0 saturated carbocycles. The highest BCUT2D eigenvalue weighted by Gasteiger charge is 2.22. The van der Waals surface area contributed by atoms with E-state index >= 15 is 0 Å². The van der Waals surface area contributed by atoms with E-state index in [1.807, 2.05) is 41.5 Å². The largest absolute Gasteiger partial charge is 0.744 e. The van der Waals surface area contributed by atoms with Gasteiger partial charge in [-0.3, -0.25) is 0 Å². The lowest BCUT2D eigenvalue weighted by molar-refractivity contribution is 0.469. The summed E-state index contributed by atoms with van der Waals surface area (Å²) in [5, 5.41) is 0. The van der Waals surface area contributed by atoms with Crippen LogP contribution in [0.5, 0.6) is 0 Å². The van der Waals surface area contributed by atoms with Gasteiger partial charge in [-0.05, 0) is 33.9 Å². The number of hydrogen-bond acceptors (Lipinski definition) is 3. The van der Waals surface area contributed by atoms with Crippen LogP contribution in [0.2, 0.25) is 0 Å². The van der Waals surface area contributed by atoms with Gasteiger partial charge in [-0.25, -0.2) is 8.42 Å². The second kappa shape index (κ2) is 8.65. The van der Waals surface area contributed by atoms with Crippen LogP contribution in [0, 0.1) is 17.8 Å². The molecule has 0 aliphatic heterocycles. The van der Waals surface area contributed by atoms with Gasteiger partial charge in [0.15, 0.2) is 0 Å². The van der Waals surface area contributed by atoms with Crippen molar-refractivity contribution in [1.82, 2.24) is 0 Å². The lowest BCUT2D eigenvalue weighted by Crippen LogP contribution is -2.13. The van der Waals surface area contributed by atoms with Gasteiger partial charge in [0.2, 0.25) is 0 Å². The molecular weight excluding hydrogens is 420 g/mol. The fourth-order valence-corrected chi connectivity index (χ4v) is 5.33. The summed E-state index contributed by atoms with van der Waals surface area (Å²) < 4.78 is 35.7. The first-order valence-corrected chi connectivity index (χ1v) is 9.93. The van der Waals surface area contributed by atoms with Gasteiger partial charge >= 0.3 is 0 Å². The topological polar surface area (TPSA) is 57.2 Å². The predicted octanol–water partition coefficient (Wildman–Crippen LogP) is 5.31. The molecule has 0 saturated heterocycles. The smallest absolute Gasteiger partial charge is 0.124 e. The maximum atomic E-state index is 11.7. The first-order valence-electron chi connectivity index (χ1n) is 6.81. The Morgan fingerprint density at radius 3 is 1.76 bits per heavy atom. The van der Waals surface area contributed by atoms with Crippen LogP contribution in [0.1, 0.15) is 41.5 Å². The van der Waals surface area contributed by atoms with Crippen LogP contribution in [-0.2, 0) is 10.1 Å². The molecule has 0 bridgehead atoms. The minimum Gasteiger partial charge on any atom is -0.744 e. The number of allylic oxidation sites excluding steroid dienone is 4. The second-order valence-corrected chi connectivity index (χ2v) is 8.43. The maximum absolute atomic E-state index is 11.7. The van der Waals surface area contributed by atoms with E-state index in [1.165, 1.54) is 6.08 Å². The molecule has 0 aromatic rings. The molecular formula is C15H23Br2O3S-. The van der Waals surface area contributed by atoms with Crippen LogP contribution in [0.3, 0.4) is 0 Å². The van der Waals surface area contributed by atoms with Gasteiger partial charge in [-0.2, -0.15) is 0 Å². The fourth-order valence-electron chi connectivity index (χ4n) is 1.84. The molecule has 0 fully saturated rings. The molecule has 0 heterocycles. The van der Waals surface area contributed by atoms with E-state index in [-0.39, 0.29) is 22.7 Å². The number of hydrogen-bond donors (Lipinski definition) is 0. The minimum atomic E-state index is -4.54. The van der Waals surface area contributed by atoms with Gasteiger partial charge < -0.3 is 4.55 Å². The quantitative estimate of drug-likeness (QED) is 0.413. The summed E-state index contributed by atoms with van der Waals surface area (Å²) in [5.41, 5.74) is 1.44. The van der Waals surface area contributed by atoms with E-state index in [1.54, 1.807) is 4.99 Å². The molecule has 0 radical (unpaired) electrons. The summed E-state index contributed by atoms with van der Waals surface area (Å²) >= 11 is 6.80. The Balaban J connectivity index is 6.48. The summed E-state index contributed by atoms with van der Waals surface area (Å²) in [6.07, 6.45) is 1.52. The maximum Gasteiger partial charge on any atom is 0.124 e. The monoisotopic (exact) mass is 441 g/mol. The van der Waals surface area contributed by atoms with Gasteiger partial charge in [-0.15, -0.1) is 0 Å². The molecule has 122 valence electrons. The first kappa shape index (κ1) is 21.1. The molecule has 0 aliphatic carbocycles. The van der Waals surface area contributed by atoms with Crippen molar-refractivity contribution in [1.29, 1.82) is 0 Å². The Hall–Kier alpha value is 0.0900. The van der Waals surface area contributed by atoms with Crippen LogP contribution >= 0.6 is 31.9 Å². The SMILES string of the molecule is CC(C)/C=C(/C(=C(Br)\C(=C\Br)C(C)C)C(C)C)S(=O)(=O)[O-]. The average molecular weight is 443 g/mol. The summed E-state index contributed by atoms with van der Waals surface area (Å²) in [7, 11) is -4.54. The predicted molar refractivity (Wildman–Crippen MR) is 95.3 cm³/mol. The van der Waals surface area contributed by atoms with Crippen LogP contribution < -0.4 is 0 Å². The molecule has 6 heteroatoms. The lowest BCUT2D eigenvalue weighted by atomic mass is 9.95. The summed E-state index contributed by atoms with van der Waals surface area (Å²) in [6, 6.07) is 0. The summed E-state index contributed by atoms with van der Waals surface area (Å²) in [4.78, 5) is 1.63. The van der Waals surface area contributed by atoms with Gasteiger partial charge in [0.25, 0.3) is 0 Å². The molecule has 0 aliphatic rings. The highest BCUT2D eigenvalue weighted by atomic mass is 79.9. The zero-order valence-electron chi connectivity index (χ0n) is 13.3.